The number of nitro groups is 1. The Morgan fingerprint density at radius 1 is 1.62 bits per heavy atom. The fourth-order valence-electron chi connectivity index (χ4n) is 0.787. The molecule has 0 atom stereocenters. The van der Waals surface area contributed by atoms with Crippen molar-refractivity contribution >= 4 is 17.7 Å². The topological polar surface area (TPSA) is 43.1 Å². The molecule has 13 heavy (non-hydrogen) atoms. The first kappa shape index (κ1) is 9.67. The third-order valence-electron chi connectivity index (χ3n) is 1.31. The smallest absolute Gasteiger partial charge is 0.257 e. The highest BCUT2D eigenvalue weighted by Gasteiger charge is 2.04. The van der Waals surface area contributed by atoms with Crippen LogP contribution in [0.15, 0.2) is 29.4 Å². The third kappa shape index (κ3) is 2.83. The molecular weight excluding hydrogens is 197 g/mol. The molecule has 0 fully saturated rings. The summed E-state index contributed by atoms with van der Waals surface area (Å²) in [7, 11) is 0. The molecule has 1 rings (SSSR count). The van der Waals surface area contributed by atoms with Crippen LogP contribution in [-0.2, 0) is 0 Å². The largest absolute Gasteiger partial charge is 0.337 e. The van der Waals surface area contributed by atoms with Crippen molar-refractivity contribution in [2.45, 2.75) is 0 Å². The van der Waals surface area contributed by atoms with Gasteiger partial charge in [0.2, 0.25) is 0 Å². The van der Waals surface area contributed by atoms with Crippen molar-refractivity contribution < 1.29 is 9.31 Å². The Hall–Kier alpha value is -1.42. The van der Waals surface area contributed by atoms with E-state index in [0.29, 0.717) is 5.56 Å². The molecule has 68 valence electrons. The molecule has 0 spiro atoms. The molecule has 0 radical (unpaired) electrons. The van der Waals surface area contributed by atoms with Crippen molar-refractivity contribution in [3.63, 3.8) is 0 Å². The first-order chi connectivity index (χ1) is 6.09. The molecule has 0 bridgehead atoms. The molecule has 0 amide bonds. The number of nitrogens with zero attached hydrogens (tertiary/aromatic N) is 1. The number of hydrogen-bond donors (Lipinski definition) is 0. The molecule has 0 saturated carbocycles. The fraction of sp³-hybridized carbons (Fsp3) is 0. The summed E-state index contributed by atoms with van der Waals surface area (Å²) in [5.41, 5.74) is 0.363. The molecule has 1 aromatic carbocycles. The Labute approximate surface area is 78.6 Å². The van der Waals surface area contributed by atoms with E-state index in [1.165, 1.54) is 18.2 Å². The lowest BCUT2D eigenvalue weighted by Crippen LogP contribution is -1.90. The van der Waals surface area contributed by atoms with Crippen molar-refractivity contribution in [1.29, 1.82) is 0 Å². The van der Waals surface area contributed by atoms with Crippen LogP contribution in [0.25, 0.3) is 6.08 Å². The van der Waals surface area contributed by atoms with Crippen molar-refractivity contribution in [3.05, 3.63) is 50.9 Å². The van der Waals surface area contributed by atoms with Crippen LogP contribution in [0.4, 0.5) is 4.39 Å². The van der Waals surface area contributed by atoms with Gasteiger partial charge in [0.1, 0.15) is 5.82 Å². The first-order valence-corrected chi connectivity index (χ1v) is 3.74. The van der Waals surface area contributed by atoms with E-state index in [1.54, 1.807) is 0 Å². The van der Waals surface area contributed by atoms with E-state index in [9.17, 15) is 14.5 Å². The zero-order chi connectivity index (χ0) is 9.84. The van der Waals surface area contributed by atoms with E-state index in [-0.39, 0.29) is 0 Å². The molecular formula is C8H5ClFNO2. The van der Waals surface area contributed by atoms with Gasteiger partial charge in [-0.1, -0.05) is 12.1 Å². The average molecular weight is 202 g/mol. The van der Waals surface area contributed by atoms with Crippen molar-refractivity contribution in [2.75, 3.05) is 0 Å². The second-order valence-corrected chi connectivity index (χ2v) is 2.67. The van der Waals surface area contributed by atoms with Crippen LogP contribution >= 0.6 is 11.6 Å². The second kappa shape index (κ2) is 4.00. The van der Waals surface area contributed by atoms with Crippen LogP contribution in [-0.4, -0.2) is 4.92 Å². The minimum absolute atomic E-state index is 0.363. The summed E-state index contributed by atoms with van der Waals surface area (Å²) < 4.78 is 12.6. The monoisotopic (exact) mass is 201 g/mol. The number of halogens is 2. The van der Waals surface area contributed by atoms with Crippen LogP contribution in [0, 0.1) is 15.9 Å². The van der Waals surface area contributed by atoms with Gasteiger partial charge in [-0.25, -0.2) is 4.39 Å². The molecule has 3 nitrogen and oxygen atoms in total. The maximum Gasteiger partial charge on any atom is 0.337 e. The maximum absolute atomic E-state index is 12.6. The third-order valence-corrected chi connectivity index (χ3v) is 1.56. The van der Waals surface area contributed by atoms with Crippen LogP contribution in [0.1, 0.15) is 5.56 Å². The van der Waals surface area contributed by atoms with E-state index in [2.05, 4.69) is 0 Å². The zero-order valence-corrected chi connectivity index (χ0v) is 7.16. The van der Waals surface area contributed by atoms with E-state index in [1.807, 2.05) is 0 Å². The summed E-state index contributed by atoms with van der Waals surface area (Å²) in [5, 5.41) is 9.56. The van der Waals surface area contributed by atoms with Gasteiger partial charge in [0, 0.05) is 6.08 Å². The quantitative estimate of drug-likeness (QED) is 0.419. The summed E-state index contributed by atoms with van der Waals surface area (Å²) >= 11 is 5.24. The molecule has 5 heteroatoms. The second-order valence-electron chi connectivity index (χ2n) is 2.28. The predicted octanol–water partition coefficient (Wildman–Crippen LogP) is 2.64. The molecule has 0 aliphatic rings. The van der Waals surface area contributed by atoms with Gasteiger partial charge in [-0.15, -0.1) is 0 Å². The number of rotatable bonds is 2. The Kier molecular flexibility index (Phi) is 2.97. The lowest BCUT2D eigenvalue weighted by molar-refractivity contribution is -0.410. The number of hydrogen-bond acceptors (Lipinski definition) is 2. The van der Waals surface area contributed by atoms with Crippen molar-refractivity contribution in [3.8, 4) is 0 Å². The SMILES string of the molecule is O=[N+]([O-])C(Cl)=Cc1cccc(F)c1. The van der Waals surface area contributed by atoms with Crippen LogP contribution in [0.5, 0.6) is 0 Å². The highest BCUT2D eigenvalue weighted by atomic mass is 35.5. The Morgan fingerprint density at radius 2 is 2.31 bits per heavy atom. The van der Waals surface area contributed by atoms with Crippen molar-refractivity contribution in [2.24, 2.45) is 0 Å². The Morgan fingerprint density at radius 3 is 2.85 bits per heavy atom. The first-order valence-electron chi connectivity index (χ1n) is 3.37. The molecule has 0 aromatic heterocycles. The average Bonchev–Trinajstić information content (AvgIpc) is 2.04. The molecule has 0 aliphatic carbocycles. The maximum atomic E-state index is 12.6. The standard InChI is InChI=1S/C8H5ClFNO2/c9-8(11(12)13)5-6-2-1-3-7(10)4-6/h1-5H. The van der Waals surface area contributed by atoms with Gasteiger partial charge < -0.3 is 0 Å². The summed E-state index contributed by atoms with van der Waals surface area (Å²) in [6, 6.07) is 5.38. The fourth-order valence-corrected chi connectivity index (χ4v) is 0.913. The molecule has 0 unspecified atom stereocenters. The van der Waals surface area contributed by atoms with Gasteiger partial charge in [0.15, 0.2) is 0 Å². The summed E-state index contributed by atoms with van der Waals surface area (Å²) in [6.07, 6.45) is 1.09. The normalized spacial score (nSPS) is 11.4. The van der Waals surface area contributed by atoms with E-state index >= 15 is 0 Å². The van der Waals surface area contributed by atoms with Gasteiger partial charge in [0.05, 0.1) is 4.92 Å². The van der Waals surface area contributed by atoms with Crippen molar-refractivity contribution in [1.82, 2.24) is 0 Å². The molecule has 0 heterocycles. The highest BCUT2D eigenvalue weighted by Crippen LogP contribution is 2.11. The molecule has 1 aromatic rings. The van der Waals surface area contributed by atoms with Gasteiger partial charge in [-0.3, -0.25) is 10.1 Å². The van der Waals surface area contributed by atoms with Gasteiger partial charge in [-0.05, 0) is 29.3 Å². The van der Waals surface area contributed by atoms with Crippen LogP contribution in [0.2, 0.25) is 0 Å². The summed E-state index contributed by atoms with van der Waals surface area (Å²) in [5.74, 6) is -0.457. The minimum Gasteiger partial charge on any atom is -0.257 e. The van der Waals surface area contributed by atoms with Crippen LogP contribution in [0.3, 0.4) is 0 Å². The molecule has 0 saturated heterocycles. The lowest BCUT2D eigenvalue weighted by atomic mass is 10.2. The Balaban J connectivity index is 2.97. The minimum atomic E-state index is -0.744. The Bertz CT molecular complexity index is 365. The zero-order valence-electron chi connectivity index (χ0n) is 6.41. The van der Waals surface area contributed by atoms with Gasteiger partial charge in [0.25, 0.3) is 0 Å². The molecule has 0 aliphatic heterocycles. The van der Waals surface area contributed by atoms with E-state index in [0.717, 1.165) is 12.1 Å². The van der Waals surface area contributed by atoms with Gasteiger partial charge in [-0.2, -0.15) is 0 Å². The predicted molar refractivity (Wildman–Crippen MR) is 47.2 cm³/mol. The van der Waals surface area contributed by atoms with E-state index < -0.39 is 15.9 Å². The van der Waals surface area contributed by atoms with E-state index in [4.69, 9.17) is 11.6 Å². The number of benzene rings is 1. The molecule has 0 N–H and O–H groups in total. The van der Waals surface area contributed by atoms with Crippen LogP contribution < -0.4 is 0 Å². The summed E-state index contributed by atoms with van der Waals surface area (Å²) in [6.45, 7) is 0. The summed E-state index contributed by atoms with van der Waals surface area (Å²) in [4.78, 5) is 9.36. The van der Waals surface area contributed by atoms with Gasteiger partial charge >= 0.3 is 5.16 Å². The highest BCUT2D eigenvalue weighted by molar-refractivity contribution is 6.29. The lowest BCUT2D eigenvalue weighted by Gasteiger charge is -1.92.